The third-order valence-electron chi connectivity index (χ3n) is 3.33. The minimum atomic E-state index is -4.34. The second-order valence-electron chi connectivity index (χ2n) is 4.76. The molecule has 0 saturated carbocycles. The van der Waals surface area contributed by atoms with Gasteiger partial charge in [-0.3, -0.25) is 4.79 Å². The van der Waals surface area contributed by atoms with Crippen molar-refractivity contribution in [3.05, 3.63) is 34.6 Å². The Labute approximate surface area is 118 Å². The highest BCUT2D eigenvalue weighted by molar-refractivity contribution is 6.31. The van der Waals surface area contributed by atoms with Gasteiger partial charge in [0.2, 0.25) is 0 Å². The van der Waals surface area contributed by atoms with Gasteiger partial charge in [0.05, 0.1) is 11.5 Å². The molecule has 1 unspecified atom stereocenters. The zero-order valence-electron chi connectivity index (χ0n) is 10.4. The number of rotatable bonds is 1. The summed E-state index contributed by atoms with van der Waals surface area (Å²) in [6.07, 6.45) is -4.10. The summed E-state index contributed by atoms with van der Waals surface area (Å²) in [6, 6.07) is 3.44. The molecule has 2 nitrogen and oxygen atoms in total. The van der Waals surface area contributed by atoms with Gasteiger partial charge >= 0.3 is 6.18 Å². The molecule has 0 radical (unpaired) electrons. The van der Waals surface area contributed by atoms with Gasteiger partial charge in [-0.2, -0.15) is 13.2 Å². The lowest BCUT2D eigenvalue weighted by Crippen LogP contribution is -2.44. The number of halogens is 5. The molecule has 1 aromatic rings. The van der Waals surface area contributed by atoms with Crippen LogP contribution in [0.1, 0.15) is 23.2 Å². The van der Waals surface area contributed by atoms with Crippen molar-refractivity contribution in [1.82, 2.24) is 4.90 Å². The monoisotopic (exact) mass is 309 g/mol. The van der Waals surface area contributed by atoms with Gasteiger partial charge in [-0.1, -0.05) is 11.6 Å². The molecule has 1 heterocycles. The second kappa shape index (κ2) is 5.60. The first kappa shape index (κ1) is 15.1. The average Bonchev–Trinajstić information content (AvgIpc) is 2.40. The SMILES string of the molecule is O=C(c1cc(Cl)ccc1F)N1CCCC(C(F)(F)F)C1. The molecule has 1 saturated heterocycles. The van der Waals surface area contributed by atoms with Crippen LogP contribution < -0.4 is 0 Å². The standard InChI is InChI=1S/C13H12ClF4NO/c14-9-3-4-11(15)10(6-9)12(20)19-5-1-2-8(7-19)13(16,17)18/h3-4,6,8H,1-2,5,7H2. The van der Waals surface area contributed by atoms with E-state index in [-0.39, 0.29) is 30.0 Å². The van der Waals surface area contributed by atoms with E-state index in [0.717, 1.165) is 17.0 Å². The number of carbonyl (C=O) groups is 1. The molecule has 1 aliphatic heterocycles. The number of piperidine rings is 1. The van der Waals surface area contributed by atoms with Gasteiger partial charge in [0.25, 0.3) is 5.91 Å². The lowest BCUT2D eigenvalue weighted by molar-refractivity contribution is -0.184. The molecule has 0 aromatic heterocycles. The number of alkyl halides is 3. The van der Waals surface area contributed by atoms with Crippen LogP contribution in [0.2, 0.25) is 5.02 Å². The van der Waals surface area contributed by atoms with Crippen molar-refractivity contribution in [3.8, 4) is 0 Å². The van der Waals surface area contributed by atoms with Crippen LogP contribution >= 0.6 is 11.6 Å². The Kier molecular flexibility index (Phi) is 4.22. The Morgan fingerprint density at radius 1 is 1.35 bits per heavy atom. The van der Waals surface area contributed by atoms with Gasteiger partial charge in [-0.25, -0.2) is 4.39 Å². The summed E-state index contributed by atoms with van der Waals surface area (Å²) in [6.45, 7) is -0.244. The van der Waals surface area contributed by atoms with Crippen molar-refractivity contribution < 1.29 is 22.4 Å². The molecular weight excluding hydrogens is 298 g/mol. The number of hydrogen-bond donors (Lipinski definition) is 0. The fraction of sp³-hybridized carbons (Fsp3) is 0.462. The normalized spacial score (nSPS) is 20.1. The molecule has 110 valence electrons. The molecule has 1 atom stereocenters. The minimum absolute atomic E-state index is 0.00862. The van der Waals surface area contributed by atoms with Crippen molar-refractivity contribution in [2.75, 3.05) is 13.1 Å². The van der Waals surface area contributed by atoms with E-state index in [1.54, 1.807) is 0 Å². The van der Waals surface area contributed by atoms with Gasteiger partial charge in [0.15, 0.2) is 0 Å². The van der Waals surface area contributed by atoms with Gasteiger partial charge in [-0.15, -0.1) is 0 Å². The largest absolute Gasteiger partial charge is 0.393 e. The van der Waals surface area contributed by atoms with E-state index in [9.17, 15) is 22.4 Å². The van der Waals surface area contributed by atoms with E-state index < -0.39 is 30.4 Å². The average molecular weight is 310 g/mol. The van der Waals surface area contributed by atoms with Crippen molar-refractivity contribution in [2.45, 2.75) is 19.0 Å². The molecule has 0 aliphatic carbocycles. The van der Waals surface area contributed by atoms with Crippen molar-refractivity contribution in [2.24, 2.45) is 5.92 Å². The minimum Gasteiger partial charge on any atom is -0.338 e. The number of likely N-dealkylation sites (tertiary alicyclic amines) is 1. The van der Waals surface area contributed by atoms with E-state index in [0.29, 0.717) is 0 Å². The van der Waals surface area contributed by atoms with Crippen LogP contribution in [0.15, 0.2) is 18.2 Å². The molecule has 2 rings (SSSR count). The summed E-state index contributed by atoms with van der Waals surface area (Å²) in [4.78, 5) is 13.1. The van der Waals surface area contributed by atoms with Crippen molar-refractivity contribution >= 4 is 17.5 Å². The second-order valence-corrected chi connectivity index (χ2v) is 5.19. The summed E-state index contributed by atoms with van der Waals surface area (Å²) >= 11 is 5.68. The topological polar surface area (TPSA) is 20.3 Å². The summed E-state index contributed by atoms with van der Waals surface area (Å²) in [5, 5.41) is 0.166. The predicted molar refractivity (Wildman–Crippen MR) is 66.1 cm³/mol. The maximum absolute atomic E-state index is 13.6. The van der Waals surface area contributed by atoms with Gasteiger partial charge < -0.3 is 4.90 Å². The first-order valence-electron chi connectivity index (χ1n) is 6.10. The number of amides is 1. The van der Waals surface area contributed by atoms with E-state index in [1.165, 1.54) is 6.07 Å². The van der Waals surface area contributed by atoms with Gasteiger partial charge in [0.1, 0.15) is 5.82 Å². The van der Waals surface area contributed by atoms with Crippen LogP contribution in [-0.4, -0.2) is 30.1 Å². The maximum atomic E-state index is 13.6. The zero-order valence-corrected chi connectivity index (χ0v) is 11.1. The highest BCUT2D eigenvalue weighted by atomic mass is 35.5. The van der Waals surface area contributed by atoms with Crippen LogP contribution in [0.5, 0.6) is 0 Å². The third-order valence-corrected chi connectivity index (χ3v) is 3.57. The van der Waals surface area contributed by atoms with Crippen LogP contribution in [-0.2, 0) is 0 Å². The lowest BCUT2D eigenvalue weighted by Gasteiger charge is -2.33. The predicted octanol–water partition coefficient (Wildman–Crippen LogP) is 3.89. The molecule has 1 amide bonds. The number of benzene rings is 1. The zero-order chi connectivity index (χ0) is 14.9. The quantitative estimate of drug-likeness (QED) is 0.721. The molecule has 1 aliphatic rings. The third kappa shape index (κ3) is 3.23. The Morgan fingerprint density at radius 3 is 2.70 bits per heavy atom. The molecular formula is C13H12ClF4NO. The first-order valence-corrected chi connectivity index (χ1v) is 6.48. The smallest absolute Gasteiger partial charge is 0.338 e. The van der Waals surface area contributed by atoms with E-state index in [4.69, 9.17) is 11.6 Å². The molecule has 1 aromatic carbocycles. The Balaban J connectivity index is 2.18. The molecule has 7 heteroatoms. The highest BCUT2D eigenvalue weighted by Gasteiger charge is 2.42. The summed E-state index contributed by atoms with van der Waals surface area (Å²) < 4.78 is 51.6. The fourth-order valence-corrected chi connectivity index (χ4v) is 2.43. The van der Waals surface area contributed by atoms with Crippen molar-refractivity contribution in [1.29, 1.82) is 0 Å². The Hall–Kier alpha value is -1.30. The molecule has 0 spiro atoms. The number of carbonyl (C=O) groups excluding carboxylic acids is 1. The first-order chi connectivity index (χ1) is 9.29. The van der Waals surface area contributed by atoms with E-state index in [1.807, 2.05) is 0 Å². The van der Waals surface area contributed by atoms with E-state index in [2.05, 4.69) is 0 Å². The summed E-state index contributed by atoms with van der Waals surface area (Å²) in [5.41, 5.74) is -0.291. The lowest BCUT2D eigenvalue weighted by atomic mass is 9.97. The molecule has 20 heavy (non-hydrogen) atoms. The Morgan fingerprint density at radius 2 is 2.05 bits per heavy atom. The van der Waals surface area contributed by atoms with Crippen LogP contribution in [0.25, 0.3) is 0 Å². The number of hydrogen-bond acceptors (Lipinski definition) is 1. The summed E-state index contributed by atoms with van der Waals surface area (Å²) in [7, 11) is 0. The van der Waals surface area contributed by atoms with Gasteiger partial charge in [0, 0.05) is 18.1 Å². The molecule has 0 N–H and O–H groups in total. The molecule has 0 bridgehead atoms. The summed E-state index contributed by atoms with van der Waals surface area (Å²) in [5.74, 6) is -3.09. The Bertz CT molecular complexity index is 518. The van der Waals surface area contributed by atoms with E-state index >= 15 is 0 Å². The molecule has 1 fully saturated rings. The fourth-order valence-electron chi connectivity index (χ4n) is 2.26. The van der Waals surface area contributed by atoms with Crippen LogP contribution in [0.3, 0.4) is 0 Å². The van der Waals surface area contributed by atoms with Gasteiger partial charge in [-0.05, 0) is 31.0 Å². The van der Waals surface area contributed by atoms with Crippen LogP contribution in [0.4, 0.5) is 17.6 Å². The van der Waals surface area contributed by atoms with Crippen LogP contribution in [0, 0.1) is 11.7 Å². The highest BCUT2D eigenvalue weighted by Crippen LogP contribution is 2.33. The van der Waals surface area contributed by atoms with Crippen molar-refractivity contribution in [3.63, 3.8) is 0 Å². The maximum Gasteiger partial charge on any atom is 0.393 e. The number of nitrogens with zero attached hydrogens (tertiary/aromatic N) is 1.